The fourth-order valence-electron chi connectivity index (χ4n) is 3.11. The molecule has 2 heteroatoms. The molecule has 21 heavy (non-hydrogen) atoms. The second kappa shape index (κ2) is 7.84. The Bertz CT molecular complexity index is 435. The predicted octanol–water partition coefficient (Wildman–Crippen LogP) is 5.01. The zero-order valence-corrected chi connectivity index (χ0v) is 14.1. The van der Waals surface area contributed by atoms with Crippen molar-refractivity contribution < 1.29 is 4.74 Å². The third kappa shape index (κ3) is 4.74. The Balaban J connectivity index is 2.07. The molecule has 118 valence electrons. The maximum atomic E-state index is 6.35. The number of rotatable bonds is 6. The average molecular weight is 289 g/mol. The molecule has 0 amide bonds. The van der Waals surface area contributed by atoms with Crippen molar-refractivity contribution in [3.63, 3.8) is 0 Å². The van der Waals surface area contributed by atoms with Crippen molar-refractivity contribution in [3.05, 3.63) is 29.3 Å². The van der Waals surface area contributed by atoms with E-state index in [0.717, 1.165) is 24.6 Å². The van der Waals surface area contributed by atoms with Gasteiger partial charge in [-0.1, -0.05) is 31.5 Å². The fraction of sp³-hybridized carbons (Fsp3) is 0.684. The normalized spacial score (nSPS) is 23.8. The van der Waals surface area contributed by atoms with Crippen LogP contribution >= 0.6 is 0 Å². The molecular weight excluding hydrogens is 258 g/mol. The average Bonchev–Trinajstić information content (AvgIpc) is 2.49. The molecule has 1 aliphatic carbocycles. The molecule has 1 saturated carbocycles. The topological polar surface area (TPSA) is 21.3 Å². The second-order valence-electron chi connectivity index (χ2n) is 6.72. The molecule has 0 bridgehead atoms. The molecule has 0 spiro atoms. The summed E-state index contributed by atoms with van der Waals surface area (Å²) < 4.78 is 6.35. The molecule has 0 aliphatic heterocycles. The summed E-state index contributed by atoms with van der Waals surface area (Å²) in [6.45, 7) is 10.00. The molecule has 1 unspecified atom stereocenters. The first kappa shape index (κ1) is 16.4. The monoisotopic (exact) mass is 289 g/mol. The zero-order chi connectivity index (χ0) is 15.2. The van der Waals surface area contributed by atoms with Gasteiger partial charge in [0.05, 0.1) is 6.10 Å². The summed E-state index contributed by atoms with van der Waals surface area (Å²) >= 11 is 0. The van der Waals surface area contributed by atoms with E-state index in [9.17, 15) is 0 Å². The smallest absolute Gasteiger partial charge is 0.124 e. The van der Waals surface area contributed by atoms with Crippen LogP contribution in [0, 0.1) is 12.8 Å². The highest BCUT2D eigenvalue weighted by Gasteiger charge is 2.21. The Morgan fingerprint density at radius 2 is 1.95 bits per heavy atom. The number of nitrogens with one attached hydrogen (secondary N) is 1. The summed E-state index contributed by atoms with van der Waals surface area (Å²) in [5, 5.41) is 3.58. The van der Waals surface area contributed by atoms with Crippen molar-refractivity contribution in [2.75, 3.05) is 6.54 Å². The molecule has 0 aromatic heterocycles. The molecular formula is C19H31NO. The van der Waals surface area contributed by atoms with Crippen LogP contribution in [-0.2, 0) is 0 Å². The molecule has 1 aromatic carbocycles. The highest BCUT2D eigenvalue weighted by molar-refractivity contribution is 5.39. The van der Waals surface area contributed by atoms with Crippen LogP contribution in [0.1, 0.15) is 70.0 Å². The van der Waals surface area contributed by atoms with E-state index in [1.54, 1.807) is 0 Å². The van der Waals surface area contributed by atoms with E-state index >= 15 is 0 Å². The maximum absolute atomic E-state index is 6.35. The summed E-state index contributed by atoms with van der Waals surface area (Å²) in [5.41, 5.74) is 2.61. The van der Waals surface area contributed by atoms with Gasteiger partial charge < -0.3 is 10.1 Å². The molecule has 2 nitrogen and oxygen atoms in total. The molecule has 1 fully saturated rings. The van der Waals surface area contributed by atoms with Crippen molar-refractivity contribution in [1.82, 2.24) is 5.32 Å². The minimum atomic E-state index is 0.349. The van der Waals surface area contributed by atoms with E-state index in [4.69, 9.17) is 4.74 Å². The molecule has 1 aromatic rings. The van der Waals surface area contributed by atoms with Gasteiger partial charge in [0, 0.05) is 11.6 Å². The first-order chi connectivity index (χ1) is 10.1. The van der Waals surface area contributed by atoms with Crippen LogP contribution in [0.25, 0.3) is 0 Å². The summed E-state index contributed by atoms with van der Waals surface area (Å²) in [5.74, 6) is 1.95. The zero-order valence-electron chi connectivity index (χ0n) is 14.1. The number of benzene rings is 1. The number of aryl methyl sites for hydroxylation is 1. The van der Waals surface area contributed by atoms with E-state index in [1.165, 1.54) is 36.8 Å². The van der Waals surface area contributed by atoms with Crippen LogP contribution in [-0.4, -0.2) is 12.6 Å². The molecule has 1 atom stereocenters. The Morgan fingerprint density at radius 3 is 2.62 bits per heavy atom. The van der Waals surface area contributed by atoms with Gasteiger partial charge >= 0.3 is 0 Å². The van der Waals surface area contributed by atoms with Gasteiger partial charge in [-0.3, -0.25) is 0 Å². The highest BCUT2D eigenvalue weighted by atomic mass is 16.5. The van der Waals surface area contributed by atoms with Gasteiger partial charge in [-0.2, -0.15) is 0 Å². The summed E-state index contributed by atoms with van der Waals surface area (Å²) in [6.07, 6.45) is 6.56. The van der Waals surface area contributed by atoms with Crippen LogP contribution in [0.2, 0.25) is 0 Å². The second-order valence-corrected chi connectivity index (χ2v) is 6.72. The van der Waals surface area contributed by atoms with Gasteiger partial charge in [-0.15, -0.1) is 0 Å². The van der Waals surface area contributed by atoms with Gasteiger partial charge in [0.2, 0.25) is 0 Å². The lowest BCUT2D eigenvalue weighted by Crippen LogP contribution is -2.25. The van der Waals surface area contributed by atoms with Crippen molar-refractivity contribution in [2.24, 2.45) is 5.92 Å². The van der Waals surface area contributed by atoms with Crippen molar-refractivity contribution >= 4 is 0 Å². The Morgan fingerprint density at radius 1 is 1.24 bits per heavy atom. The van der Waals surface area contributed by atoms with Crippen LogP contribution in [0.4, 0.5) is 0 Å². The lowest BCUT2D eigenvalue weighted by molar-refractivity contribution is 0.133. The first-order valence-corrected chi connectivity index (χ1v) is 8.60. The minimum Gasteiger partial charge on any atom is -0.490 e. The van der Waals surface area contributed by atoms with E-state index < -0.39 is 0 Å². The van der Waals surface area contributed by atoms with Crippen molar-refractivity contribution in [1.29, 1.82) is 0 Å². The van der Waals surface area contributed by atoms with E-state index in [-0.39, 0.29) is 0 Å². The third-order valence-corrected chi connectivity index (χ3v) is 4.59. The van der Waals surface area contributed by atoms with Crippen molar-refractivity contribution in [2.45, 2.75) is 71.9 Å². The van der Waals surface area contributed by atoms with Gasteiger partial charge in [0.1, 0.15) is 5.75 Å². The van der Waals surface area contributed by atoms with Gasteiger partial charge in [0.25, 0.3) is 0 Å². The van der Waals surface area contributed by atoms with Gasteiger partial charge in [0.15, 0.2) is 0 Å². The fourth-order valence-corrected chi connectivity index (χ4v) is 3.11. The molecule has 0 saturated heterocycles. The van der Waals surface area contributed by atoms with Crippen LogP contribution in [0.3, 0.4) is 0 Å². The predicted molar refractivity (Wildman–Crippen MR) is 89.9 cm³/mol. The lowest BCUT2D eigenvalue weighted by Gasteiger charge is -2.28. The van der Waals surface area contributed by atoms with E-state index in [2.05, 4.69) is 51.2 Å². The maximum Gasteiger partial charge on any atom is 0.124 e. The molecule has 2 rings (SSSR count). The number of hydrogen-bond acceptors (Lipinski definition) is 2. The quantitative estimate of drug-likeness (QED) is 0.794. The first-order valence-electron chi connectivity index (χ1n) is 8.60. The van der Waals surface area contributed by atoms with E-state index in [0.29, 0.717) is 12.1 Å². The van der Waals surface area contributed by atoms with E-state index in [1.807, 2.05) is 0 Å². The molecule has 1 N–H and O–H groups in total. The highest BCUT2D eigenvalue weighted by Crippen LogP contribution is 2.31. The number of hydrogen-bond donors (Lipinski definition) is 1. The molecule has 1 aliphatic rings. The van der Waals surface area contributed by atoms with Gasteiger partial charge in [-0.05, 0) is 64.5 Å². The largest absolute Gasteiger partial charge is 0.490 e. The third-order valence-electron chi connectivity index (χ3n) is 4.59. The lowest BCUT2D eigenvalue weighted by atomic mass is 9.89. The van der Waals surface area contributed by atoms with Crippen LogP contribution in [0.5, 0.6) is 5.75 Å². The number of ether oxygens (including phenoxy) is 1. The minimum absolute atomic E-state index is 0.349. The summed E-state index contributed by atoms with van der Waals surface area (Å²) in [7, 11) is 0. The Kier molecular flexibility index (Phi) is 6.10. The SMILES string of the molecule is CCCNC(C)c1cc(C)ccc1OC1CCC(C)CC1. The Labute approximate surface area is 130 Å². The van der Waals surface area contributed by atoms with Crippen LogP contribution in [0.15, 0.2) is 18.2 Å². The standard InChI is InChI=1S/C19H31NO/c1-5-12-20-16(4)18-13-15(3)8-11-19(18)21-17-9-6-14(2)7-10-17/h8,11,13-14,16-17,20H,5-7,9-10,12H2,1-4H3. The molecule has 0 heterocycles. The van der Waals surface area contributed by atoms with Gasteiger partial charge in [-0.25, -0.2) is 0 Å². The molecule has 0 radical (unpaired) electrons. The van der Waals surface area contributed by atoms with Crippen LogP contribution < -0.4 is 10.1 Å². The Hall–Kier alpha value is -1.02. The summed E-state index contributed by atoms with van der Waals surface area (Å²) in [4.78, 5) is 0. The summed E-state index contributed by atoms with van der Waals surface area (Å²) in [6, 6.07) is 6.94. The van der Waals surface area contributed by atoms with Crippen molar-refractivity contribution in [3.8, 4) is 5.75 Å².